The summed E-state index contributed by atoms with van der Waals surface area (Å²) in [6.07, 6.45) is 3.89. The SMILES string of the molecule is O=C1CC(c2cc(F)c(F)c(F)c2)CCN1c1cc(-c2ccncc2)n[nH]1. The minimum absolute atomic E-state index is 0.0775. The number of anilines is 1. The number of aromatic amines is 1. The molecule has 1 N–H and O–H groups in total. The van der Waals surface area contributed by atoms with Gasteiger partial charge < -0.3 is 0 Å². The average molecular weight is 372 g/mol. The van der Waals surface area contributed by atoms with Gasteiger partial charge in [-0.15, -0.1) is 0 Å². The van der Waals surface area contributed by atoms with E-state index in [1.807, 2.05) is 12.1 Å². The zero-order valence-corrected chi connectivity index (χ0v) is 14.1. The second kappa shape index (κ2) is 6.86. The highest BCUT2D eigenvalue weighted by Gasteiger charge is 2.30. The molecule has 27 heavy (non-hydrogen) atoms. The van der Waals surface area contributed by atoms with Crippen molar-refractivity contribution < 1.29 is 18.0 Å². The highest BCUT2D eigenvalue weighted by atomic mass is 19.2. The number of carbonyl (C=O) groups excluding carboxylic acids is 1. The van der Waals surface area contributed by atoms with Crippen LogP contribution in [-0.2, 0) is 4.79 Å². The molecule has 0 bridgehead atoms. The van der Waals surface area contributed by atoms with Crippen molar-refractivity contribution in [2.45, 2.75) is 18.8 Å². The van der Waals surface area contributed by atoms with Crippen molar-refractivity contribution in [3.8, 4) is 11.3 Å². The lowest BCUT2D eigenvalue weighted by atomic mass is 9.89. The first-order valence-electron chi connectivity index (χ1n) is 8.43. The van der Waals surface area contributed by atoms with Crippen LogP contribution in [0.4, 0.5) is 19.0 Å². The summed E-state index contributed by atoms with van der Waals surface area (Å²) in [6, 6.07) is 7.32. The summed E-state index contributed by atoms with van der Waals surface area (Å²) >= 11 is 0. The number of aromatic nitrogens is 3. The van der Waals surface area contributed by atoms with E-state index >= 15 is 0 Å². The number of nitrogens with one attached hydrogen (secondary N) is 1. The molecule has 0 radical (unpaired) electrons. The van der Waals surface area contributed by atoms with Crippen molar-refractivity contribution in [3.63, 3.8) is 0 Å². The molecule has 3 aromatic rings. The van der Waals surface area contributed by atoms with Gasteiger partial charge in [-0.1, -0.05) is 0 Å². The molecule has 1 unspecified atom stereocenters. The second-order valence-corrected chi connectivity index (χ2v) is 6.41. The lowest BCUT2D eigenvalue weighted by molar-refractivity contribution is -0.120. The fourth-order valence-corrected chi connectivity index (χ4v) is 3.30. The van der Waals surface area contributed by atoms with Crippen LogP contribution in [-0.4, -0.2) is 27.6 Å². The molecular formula is C19H15F3N4O. The predicted molar refractivity (Wildman–Crippen MR) is 92.5 cm³/mol. The van der Waals surface area contributed by atoms with Gasteiger partial charge in [-0.05, 0) is 42.2 Å². The van der Waals surface area contributed by atoms with E-state index in [0.29, 0.717) is 30.0 Å². The van der Waals surface area contributed by atoms with Crippen LogP contribution >= 0.6 is 0 Å². The number of carbonyl (C=O) groups is 1. The molecule has 0 spiro atoms. The van der Waals surface area contributed by atoms with Gasteiger partial charge >= 0.3 is 0 Å². The summed E-state index contributed by atoms with van der Waals surface area (Å²) in [5.41, 5.74) is 1.85. The Morgan fingerprint density at radius 1 is 1.07 bits per heavy atom. The van der Waals surface area contributed by atoms with Gasteiger partial charge in [0.05, 0.1) is 5.69 Å². The first-order valence-corrected chi connectivity index (χ1v) is 8.43. The zero-order valence-electron chi connectivity index (χ0n) is 14.1. The van der Waals surface area contributed by atoms with Gasteiger partial charge in [-0.3, -0.25) is 19.8 Å². The molecule has 0 aliphatic carbocycles. The monoisotopic (exact) mass is 372 g/mol. The van der Waals surface area contributed by atoms with E-state index in [4.69, 9.17) is 0 Å². The Kier molecular flexibility index (Phi) is 4.39. The Morgan fingerprint density at radius 3 is 2.44 bits per heavy atom. The summed E-state index contributed by atoms with van der Waals surface area (Å²) in [7, 11) is 0. The number of H-pyrrole nitrogens is 1. The van der Waals surface area contributed by atoms with Crippen LogP contribution in [0.15, 0.2) is 42.7 Å². The van der Waals surface area contributed by atoms with Crippen LogP contribution in [0, 0.1) is 17.5 Å². The maximum atomic E-state index is 13.5. The normalized spacial score (nSPS) is 17.4. The van der Waals surface area contributed by atoms with E-state index in [9.17, 15) is 18.0 Å². The minimum atomic E-state index is -1.50. The van der Waals surface area contributed by atoms with Gasteiger partial charge in [-0.2, -0.15) is 5.10 Å². The lowest BCUT2D eigenvalue weighted by Crippen LogP contribution is -2.38. The number of pyridine rings is 1. The van der Waals surface area contributed by atoms with Gasteiger partial charge in [0.15, 0.2) is 17.5 Å². The van der Waals surface area contributed by atoms with Gasteiger partial charge in [0.1, 0.15) is 5.82 Å². The van der Waals surface area contributed by atoms with Crippen LogP contribution in [0.2, 0.25) is 0 Å². The molecule has 8 heteroatoms. The molecule has 0 saturated carbocycles. The van der Waals surface area contributed by atoms with Gasteiger partial charge in [-0.25, -0.2) is 13.2 Å². The maximum Gasteiger partial charge on any atom is 0.228 e. The third-order valence-corrected chi connectivity index (χ3v) is 4.73. The van der Waals surface area contributed by atoms with Gasteiger partial charge in [0.25, 0.3) is 0 Å². The summed E-state index contributed by atoms with van der Waals surface area (Å²) in [4.78, 5) is 18.1. The Balaban J connectivity index is 1.51. The first kappa shape index (κ1) is 17.3. The van der Waals surface area contributed by atoms with Crippen LogP contribution in [0.1, 0.15) is 24.3 Å². The number of hydrogen-bond donors (Lipinski definition) is 1. The Morgan fingerprint density at radius 2 is 1.78 bits per heavy atom. The molecule has 1 aliphatic rings. The number of piperidine rings is 1. The third-order valence-electron chi connectivity index (χ3n) is 4.73. The summed E-state index contributed by atoms with van der Waals surface area (Å²) in [6.45, 7) is 0.363. The van der Waals surface area contributed by atoms with Crippen molar-refractivity contribution >= 4 is 11.7 Å². The molecule has 1 aliphatic heterocycles. The van der Waals surface area contributed by atoms with Crippen LogP contribution in [0.3, 0.4) is 0 Å². The molecule has 5 nitrogen and oxygen atoms in total. The fraction of sp³-hybridized carbons (Fsp3) is 0.211. The van der Waals surface area contributed by atoms with Gasteiger partial charge in [0, 0.05) is 37.0 Å². The van der Waals surface area contributed by atoms with Crippen molar-refractivity contribution in [1.82, 2.24) is 15.2 Å². The van der Waals surface area contributed by atoms with E-state index in [1.54, 1.807) is 23.4 Å². The average Bonchev–Trinajstić information content (AvgIpc) is 3.16. The third kappa shape index (κ3) is 3.30. The molecule has 3 heterocycles. The first-order chi connectivity index (χ1) is 13.0. The Hall–Kier alpha value is -3.16. The number of benzene rings is 1. The largest absolute Gasteiger partial charge is 0.297 e. The van der Waals surface area contributed by atoms with Crippen molar-refractivity contribution in [2.24, 2.45) is 0 Å². The van der Waals surface area contributed by atoms with E-state index in [1.165, 1.54) is 0 Å². The summed E-state index contributed by atoms with van der Waals surface area (Å²) in [5, 5.41) is 7.07. The molecule has 1 amide bonds. The van der Waals surface area contributed by atoms with Crippen LogP contribution < -0.4 is 4.90 Å². The van der Waals surface area contributed by atoms with Crippen LogP contribution in [0.25, 0.3) is 11.3 Å². The molecule has 1 saturated heterocycles. The van der Waals surface area contributed by atoms with Crippen molar-refractivity contribution in [1.29, 1.82) is 0 Å². The molecule has 2 aromatic heterocycles. The number of rotatable bonds is 3. The summed E-state index contributed by atoms with van der Waals surface area (Å²) < 4.78 is 40.1. The minimum Gasteiger partial charge on any atom is -0.297 e. The Labute approximate surface area is 152 Å². The maximum absolute atomic E-state index is 13.5. The van der Waals surface area contributed by atoms with E-state index in [0.717, 1.165) is 17.7 Å². The zero-order chi connectivity index (χ0) is 19.0. The number of halogens is 3. The molecule has 1 atom stereocenters. The molecule has 1 fully saturated rings. The predicted octanol–water partition coefficient (Wildman–Crippen LogP) is 3.80. The fourth-order valence-electron chi connectivity index (χ4n) is 3.30. The highest BCUT2D eigenvalue weighted by molar-refractivity contribution is 5.94. The second-order valence-electron chi connectivity index (χ2n) is 6.41. The standard InChI is InChI=1S/C19H15F3N4O/c20-14-7-13(8-15(21)19(14)22)12-3-6-26(18(27)9-12)17-10-16(24-25-17)11-1-4-23-5-2-11/h1-2,4-5,7-8,10,12H,3,6,9H2,(H,24,25). The molecule has 1 aromatic carbocycles. The van der Waals surface area contributed by atoms with Crippen molar-refractivity contribution in [2.75, 3.05) is 11.4 Å². The quantitative estimate of drug-likeness (QED) is 0.712. The summed E-state index contributed by atoms with van der Waals surface area (Å²) in [5.74, 6) is -3.97. The van der Waals surface area contributed by atoms with Gasteiger partial charge in [0.2, 0.25) is 5.91 Å². The molecular weight excluding hydrogens is 357 g/mol. The molecule has 138 valence electrons. The van der Waals surface area contributed by atoms with Crippen LogP contribution in [0.5, 0.6) is 0 Å². The van der Waals surface area contributed by atoms with E-state index in [2.05, 4.69) is 15.2 Å². The smallest absolute Gasteiger partial charge is 0.228 e. The van der Waals surface area contributed by atoms with E-state index < -0.39 is 17.5 Å². The topological polar surface area (TPSA) is 61.9 Å². The van der Waals surface area contributed by atoms with Crippen molar-refractivity contribution in [3.05, 3.63) is 65.7 Å². The number of nitrogens with zero attached hydrogens (tertiary/aromatic N) is 3. The highest BCUT2D eigenvalue weighted by Crippen LogP contribution is 2.33. The van der Waals surface area contributed by atoms with E-state index in [-0.39, 0.29) is 18.2 Å². The Bertz CT molecular complexity index is 967. The number of amides is 1. The molecule has 4 rings (SSSR count). The number of hydrogen-bond acceptors (Lipinski definition) is 3. The lowest BCUT2D eigenvalue weighted by Gasteiger charge is -2.30.